The Morgan fingerprint density at radius 3 is 1.31 bits per heavy atom. The van der Waals surface area contributed by atoms with Crippen LogP contribution in [0.15, 0.2) is 36.4 Å². The van der Waals surface area contributed by atoms with Crippen molar-refractivity contribution < 1.29 is 55.1 Å². The summed E-state index contributed by atoms with van der Waals surface area (Å²) in [6.07, 6.45) is -4.42. The van der Waals surface area contributed by atoms with Crippen LogP contribution >= 0.6 is 12.4 Å². The number of amides is 1. The molecular formula is C43H61ClF6N6O6. The van der Waals surface area contributed by atoms with Crippen LogP contribution in [0.1, 0.15) is 82.6 Å². The van der Waals surface area contributed by atoms with Crippen molar-refractivity contribution in [2.75, 3.05) is 88.3 Å². The summed E-state index contributed by atoms with van der Waals surface area (Å²) in [7, 11) is 0. The molecule has 12 nitrogen and oxygen atoms in total. The van der Waals surface area contributed by atoms with E-state index in [1.165, 1.54) is 24.3 Å². The van der Waals surface area contributed by atoms with Crippen molar-refractivity contribution in [1.29, 1.82) is 0 Å². The minimum absolute atomic E-state index is 0. The van der Waals surface area contributed by atoms with E-state index in [1.807, 2.05) is 32.9 Å². The first-order chi connectivity index (χ1) is 28.6. The third-order valence-corrected chi connectivity index (χ3v) is 11.0. The number of nitrogens with one attached hydrogen (secondary N) is 1. The summed E-state index contributed by atoms with van der Waals surface area (Å²) in [5.74, 6) is 1.27. The number of rotatable bonds is 6. The summed E-state index contributed by atoms with van der Waals surface area (Å²) in [6, 6.07) is 9.02. The Kier molecular flexibility index (Phi) is 21.9. The highest BCUT2D eigenvalue weighted by Gasteiger charge is 2.34. The van der Waals surface area contributed by atoms with Gasteiger partial charge in [-0.1, -0.05) is 13.8 Å². The minimum Gasteiger partial charge on any atom is -0.444 e. The van der Waals surface area contributed by atoms with Crippen molar-refractivity contribution >= 4 is 42.2 Å². The molecule has 0 atom stereocenters. The molecule has 0 aliphatic carbocycles. The van der Waals surface area contributed by atoms with Crippen LogP contribution < -0.4 is 15.1 Å². The number of piperazine rings is 2. The quantitative estimate of drug-likeness (QED) is 0.289. The van der Waals surface area contributed by atoms with Gasteiger partial charge >= 0.3 is 30.7 Å². The van der Waals surface area contributed by atoms with Crippen LogP contribution in [0.4, 0.5) is 42.5 Å². The van der Waals surface area contributed by atoms with Gasteiger partial charge in [0.1, 0.15) is 5.60 Å². The van der Waals surface area contributed by atoms with Crippen LogP contribution in [0, 0.1) is 11.8 Å². The Labute approximate surface area is 366 Å². The molecule has 0 unspecified atom stereocenters. The van der Waals surface area contributed by atoms with E-state index in [0.717, 1.165) is 89.3 Å². The molecule has 0 saturated carbocycles. The zero-order chi connectivity index (χ0) is 45.4. The average Bonchev–Trinajstić information content (AvgIpc) is 3.18. The van der Waals surface area contributed by atoms with Crippen LogP contribution in [0.2, 0.25) is 0 Å². The van der Waals surface area contributed by atoms with Crippen LogP contribution in [-0.2, 0) is 49.4 Å². The van der Waals surface area contributed by atoms with E-state index in [1.54, 1.807) is 4.90 Å². The molecule has 1 amide bonds. The molecule has 1 N–H and O–H groups in total. The topological polar surface area (TPSA) is 123 Å². The maximum absolute atomic E-state index is 13.5. The number of alkyl halides is 6. The van der Waals surface area contributed by atoms with Crippen LogP contribution in [0.3, 0.4) is 0 Å². The number of anilines is 2. The number of carbonyl (C=O) groups excluding carboxylic acids is 5. The smallest absolute Gasteiger partial charge is 0.416 e. The highest BCUT2D eigenvalue weighted by Crippen LogP contribution is 2.36. The lowest BCUT2D eigenvalue weighted by molar-refractivity contribution is -0.193. The number of hydrogen-bond acceptors (Lipinski definition) is 11. The number of carbonyl (C=O) groups is 1. The second-order valence-corrected chi connectivity index (χ2v) is 17.0. The van der Waals surface area contributed by atoms with Gasteiger partial charge in [0, 0.05) is 103 Å². The van der Waals surface area contributed by atoms with E-state index >= 15 is 0 Å². The summed E-state index contributed by atoms with van der Waals surface area (Å²) in [5, 5.41) is 3.27. The number of nitrogens with zero attached hydrogens (tertiary/aromatic N) is 5. The molecule has 2 aromatic rings. The third kappa shape index (κ3) is 18.7. The Hall–Kier alpha value is -4.18. The molecular weight excluding hydrogens is 846 g/mol. The molecule has 0 bridgehead atoms. The first-order valence-electron chi connectivity index (χ1n) is 20.7. The largest absolute Gasteiger partial charge is 0.444 e. The first-order valence-corrected chi connectivity index (χ1v) is 20.7. The Bertz CT molecular complexity index is 1730. The number of ether oxygens (including phenoxy) is 1. The normalized spacial score (nSPS) is 18.3. The van der Waals surface area contributed by atoms with Gasteiger partial charge in [-0.2, -0.15) is 45.5 Å². The van der Waals surface area contributed by atoms with Gasteiger partial charge in [-0.25, -0.2) is 4.79 Å². The maximum atomic E-state index is 13.5. The number of halogens is 7. The van der Waals surface area contributed by atoms with Crippen molar-refractivity contribution in [3.8, 4) is 0 Å². The SMILES string of the molecule is CC1CCN(c2cc(CN3CCN(C(=O)OC(C)(C)C)CC3)cc(C(F)(F)F)c2)CC1.CC1CCN(c2cc(CN3CCNCC3)cc(C(F)(F)F)c2)CC1.Cl.O=C=O.O=C=O. The second kappa shape index (κ2) is 25.2. The van der Waals surface area contributed by atoms with Gasteiger partial charge in [-0.3, -0.25) is 9.80 Å². The zero-order valence-corrected chi connectivity index (χ0v) is 37.0. The summed E-state index contributed by atoms with van der Waals surface area (Å²) >= 11 is 0. The Morgan fingerprint density at radius 2 is 0.968 bits per heavy atom. The van der Waals surface area contributed by atoms with Gasteiger partial charge in [0.05, 0.1) is 11.1 Å². The molecule has 4 aliphatic heterocycles. The van der Waals surface area contributed by atoms with Crippen LogP contribution in [-0.4, -0.2) is 117 Å². The molecule has 0 spiro atoms. The van der Waals surface area contributed by atoms with Crippen molar-refractivity contribution in [3.05, 3.63) is 58.7 Å². The van der Waals surface area contributed by atoms with E-state index in [0.29, 0.717) is 62.4 Å². The summed E-state index contributed by atoms with van der Waals surface area (Å²) in [6.45, 7) is 19.9. The third-order valence-electron chi connectivity index (χ3n) is 11.0. The molecule has 2 aromatic carbocycles. The average molecular weight is 907 g/mol. The number of benzene rings is 2. The highest BCUT2D eigenvalue weighted by atomic mass is 35.5. The fourth-order valence-corrected chi connectivity index (χ4v) is 7.56. The van der Waals surface area contributed by atoms with E-state index < -0.39 is 29.1 Å². The Morgan fingerprint density at radius 1 is 0.613 bits per heavy atom. The van der Waals surface area contributed by atoms with E-state index in [4.69, 9.17) is 23.9 Å². The lowest BCUT2D eigenvalue weighted by atomic mass is 9.98. The number of hydrogen-bond donors (Lipinski definition) is 1. The van der Waals surface area contributed by atoms with Crippen LogP contribution in [0.5, 0.6) is 0 Å². The predicted molar refractivity (Wildman–Crippen MR) is 223 cm³/mol. The van der Waals surface area contributed by atoms with E-state index in [2.05, 4.69) is 38.8 Å². The zero-order valence-electron chi connectivity index (χ0n) is 36.2. The van der Waals surface area contributed by atoms with Gasteiger partial charge in [0.15, 0.2) is 0 Å². The second-order valence-electron chi connectivity index (χ2n) is 17.0. The first kappa shape index (κ1) is 54.0. The van der Waals surface area contributed by atoms with Crippen molar-refractivity contribution in [2.45, 2.75) is 91.3 Å². The lowest BCUT2D eigenvalue weighted by Crippen LogP contribution is -2.49. The van der Waals surface area contributed by atoms with E-state index in [-0.39, 0.29) is 30.8 Å². The fraction of sp³-hybridized carbons (Fsp3) is 0.651. The number of piperidine rings is 2. The van der Waals surface area contributed by atoms with Gasteiger partial charge in [0.2, 0.25) is 0 Å². The molecule has 4 aliphatic rings. The van der Waals surface area contributed by atoms with Gasteiger partial charge in [-0.05, 0) is 106 Å². The Balaban J connectivity index is 0.000000381. The summed E-state index contributed by atoms with van der Waals surface area (Å²) in [4.78, 5) is 54.9. The molecule has 4 heterocycles. The lowest BCUT2D eigenvalue weighted by Gasteiger charge is -2.36. The van der Waals surface area contributed by atoms with Gasteiger partial charge < -0.3 is 24.8 Å². The van der Waals surface area contributed by atoms with Gasteiger partial charge in [-0.15, -0.1) is 12.4 Å². The molecule has 4 fully saturated rings. The minimum atomic E-state index is -4.37. The van der Waals surface area contributed by atoms with Gasteiger partial charge in [0.25, 0.3) is 0 Å². The summed E-state index contributed by atoms with van der Waals surface area (Å²) < 4.78 is 86.0. The standard InChI is InChI=1S/C23H34F3N3O2.C18H26F3N3.2CO2.ClH/c1-17-5-7-28(8-6-17)20-14-18(13-19(15-20)23(24,25)26)16-27-9-11-29(12-10-27)21(30)31-22(2,3)4;1-14-2-6-24(7-3-14)17-11-15(10-16(12-17)18(19,20)21)13-23-8-4-22-5-9-23;2*2-1-3;/h13-15,17H,5-12,16H2,1-4H3;10-12,14,22H,2-9,13H2,1H3;;;1H. The highest BCUT2D eigenvalue weighted by molar-refractivity contribution is 5.85. The fourth-order valence-electron chi connectivity index (χ4n) is 7.56. The molecule has 19 heteroatoms. The predicted octanol–water partition coefficient (Wildman–Crippen LogP) is 7.60. The van der Waals surface area contributed by atoms with E-state index in [9.17, 15) is 31.1 Å². The molecule has 348 valence electrons. The molecule has 0 radical (unpaired) electrons. The molecule has 62 heavy (non-hydrogen) atoms. The molecule has 0 aromatic heterocycles. The van der Waals surface area contributed by atoms with Crippen molar-refractivity contribution in [2.24, 2.45) is 11.8 Å². The maximum Gasteiger partial charge on any atom is 0.416 e. The monoisotopic (exact) mass is 906 g/mol. The molecule has 6 rings (SSSR count). The molecule has 4 saturated heterocycles. The van der Waals surface area contributed by atoms with Crippen LogP contribution in [0.25, 0.3) is 0 Å². The van der Waals surface area contributed by atoms with Crippen molar-refractivity contribution in [1.82, 2.24) is 20.0 Å². The summed E-state index contributed by atoms with van der Waals surface area (Å²) in [5.41, 5.74) is 1.14. The van der Waals surface area contributed by atoms with Crippen molar-refractivity contribution in [3.63, 3.8) is 0 Å².